The smallest absolute Gasteiger partial charge is 0.276 e. The third kappa shape index (κ3) is 4.59. The summed E-state index contributed by atoms with van der Waals surface area (Å²) in [4.78, 5) is 29.2. The third-order valence-corrected chi connectivity index (χ3v) is 6.55. The minimum absolute atomic E-state index is 0.0810. The Kier molecular flexibility index (Phi) is 6.40. The van der Waals surface area contributed by atoms with Crippen LogP contribution in [0, 0.1) is 5.82 Å². The van der Waals surface area contributed by atoms with Gasteiger partial charge in [-0.2, -0.15) is 0 Å². The molecule has 1 fully saturated rings. The van der Waals surface area contributed by atoms with E-state index < -0.39 is 5.82 Å². The molecule has 1 aromatic heterocycles. The maximum atomic E-state index is 14.0. The van der Waals surface area contributed by atoms with Crippen LogP contribution in [0.25, 0.3) is 0 Å². The fourth-order valence-electron chi connectivity index (χ4n) is 4.30. The van der Waals surface area contributed by atoms with Crippen LogP contribution in [0.4, 0.5) is 4.39 Å². The second-order valence-electron chi connectivity index (χ2n) is 8.35. The highest BCUT2D eigenvalue weighted by Gasteiger charge is 2.32. The van der Waals surface area contributed by atoms with Gasteiger partial charge in [0.25, 0.3) is 11.8 Å². The monoisotopic (exact) mass is 499 g/mol. The third-order valence-electron chi connectivity index (χ3n) is 6.29. The van der Waals surface area contributed by atoms with Gasteiger partial charge in [-0.25, -0.2) is 9.07 Å². The minimum Gasteiger partial charge on any atom is -0.494 e. The zero-order valence-electron chi connectivity index (χ0n) is 19.0. The molecule has 9 nitrogen and oxygen atoms in total. The maximum absolute atomic E-state index is 14.0. The highest BCUT2D eigenvalue weighted by Crippen LogP contribution is 2.28. The molecule has 2 aliphatic heterocycles. The molecule has 3 heterocycles. The van der Waals surface area contributed by atoms with E-state index in [0.717, 1.165) is 5.56 Å². The standard InChI is InChI=1S/C24H23ClFN5O4/c1-34-20-7-4-16(12-18(20)26)23(32)29-8-10-30(11-9-29)24(33)22-19-14-35-21(13-31(19)28-27-22)15-2-5-17(25)6-3-15/h2-7,12,21H,8-11,13-14H2,1H3/t21-/m1/s1. The number of fused-ring (bicyclic) bond motifs is 1. The van der Waals surface area contributed by atoms with Crippen LogP contribution in [-0.4, -0.2) is 69.9 Å². The fourth-order valence-corrected chi connectivity index (χ4v) is 4.43. The number of methoxy groups -OCH3 is 1. The van der Waals surface area contributed by atoms with E-state index in [1.807, 2.05) is 24.3 Å². The van der Waals surface area contributed by atoms with Crippen LogP contribution >= 0.6 is 11.6 Å². The molecule has 0 aliphatic carbocycles. The number of hydrogen-bond acceptors (Lipinski definition) is 6. The minimum atomic E-state index is -0.593. The Hall–Kier alpha value is -3.50. The zero-order chi connectivity index (χ0) is 24.5. The lowest BCUT2D eigenvalue weighted by Crippen LogP contribution is -2.50. The lowest BCUT2D eigenvalue weighted by molar-refractivity contribution is -0.00202. The van der Waals surface area contributed by atoms with Gasteiger partial charge >= 0.3 is 0 Å². The molecule has 2 aromatic carbocycles. The van der Waals surface area contributed by atoms with Crippen LogP contribution < -0.4 is 4.74 Å². The van der Waals surface area contributed by atoms with Crippen molar-refractivity contribution >= 4 is 23.4 Å². The second-order valence-corrected chi connectivity index (χ2v) is 8.79. The molecule has 0 N–H and O–H groups in total. The summed E-state index contributed by atoms with van der Waals surface area (Å²) in [6, 6.07) is 11.5. The SMILES string of the molecule is COc1ccc(C(=O)N2CCN(C(=O)c3nnn4c3CO[C@@H](c3ccc(Cl)cc3)C4)CC2)cc1F. The van der Waals surface area contributed by atoms with E-state index >= 15 is 0 Å². The molecule has 0 radical (unpaired) electrons. The van der Waals surface area contributed by atoms with Gasteiger partial charge in [0.1, 0.15) is 6.10 Å². The molecule has 0 bridgehead atoms. The first-order chi connectivity index (χ1) is 16.9. The van der Waals surface area contributed by atoms with Crippen molar-refractivity contribution in [3.05, 3.63) is 75.8 Å². The Bertz CT molecular complexity index is 1260. The van der Waals surface area contributed by atoms with Gasteiger partial charge in [0, 0.05) is 36.8 Å². The Labute approximate surface area is 206 Å². The zero-order valence-corrected chi connectivity index (χ0v) is 19.7. The van der Waals surface area contributed by atoms with Gasteiger partial charge in [-0.3, -0.25) is 9.59 Å². The number of hydrogen-bond donors (Lipinski definition) is 0. The highest BCUT2D eigenvalue weighted by atomic mass is 35.5. The van der Waals surface area contributed by atoms with Crippen LogP contribution in [0.2, 0.25) is 5.02 Å². The lowest BCUT2D eigenvalue weighted by Gasteiger charge is -2.34. The second kappa shape index (κ2) is 9.63. The van der Waals surface area contributed by atoms with Gasteiger partial charge in [-0.1, -0.05) is 28.9 Å². The number of piperazine rings is 1. The first-order valence-corrected chi connectivity index (χ1v) is 11.5. The molecule has 1 atom stereocenters. The lowest BCUT2D eigenvalue weighted by atomic mass is 10.1. The molecule has 2 amide bonds. The fraction of sp³-hybridized carbons (Fsp3) is 0.333. The molecule has 0 spiro atoms. The summed E-state index contributed by atoms with van der Waals surface area (Å²) in [6.07, 6.45) is -0.207. The van der Waals surface area contributed by atoms with Gasteiger partial charge in [-0.15, -0.1) is 5.10 Å². The molecule has 0 saturated carbocycles. The van der Waals surface area contributed by atoms with Crippen LogP contribution in [0.15, 0.2) is 42.5 Å². The number of carbonyl (C=O) groups excluding carboxylic acids is 2. The van der Waals surface area contributed by atoms with E-state index in [4.69, 9.17) is 21.1 Å². The quantitative estimate of drug-likeness (QED) is 0.548. The van der Waals surface area contributed by atoms with Crippen molar-refractivity contribution in [3.63, 3.8) is 0 Å². The number of carbonyl (C=O) groups is 2. The van der Waals surface area contributed by atoms with Crippen molar-refractivity contribution in [2.75, 3.05) is 33.3 Å². The first-order valence-electron chi connectivity index (χ1n) is 11.2. The van der Waals surface area contributed by atoms with E-state index in [-0.39, 0.29) is 41.5 Å². The number of amides is 2. The van der Waals surface area contributed by atoms with E-state index in [2.05, 4.69) is 10.3 Å². The largest absolute Gasteiger partial charge is 0.494 e. The average molecular weight is 500 g/mol. The number of ether oxygens (including phenoxy) is 2. The Balaban J connectivity index is 1.22. The summed E-state index contributed by atoms with van der Waals surface area (Å²) >= 11 is 5.97. The summed E-state index contributed by atoms with van der Waals surface area (Å²) in [7, 11) is 1.37. The first kappa shape index (κ1) is 23.3. The number of aromatic nitrogens is 3. The van der Waals surface area contributed by atoms with Crippen molar-refractivity contribution in [2.45, 2.75) is 19.3 Å². The van der Waals surface area contributed by atoms with Gasteiger partial charge in [0.2, 0.25) is 0 Å². The summed E-state index contributed by atoms with van der Waals surface area (Å²) < 4.78 is 26.6. The van der Waals surface area contributed by atoms with E-state index in [1.54, 1.807) is 14.5 Å². The number of benzene rings is 2. The van der Waals surface area contributed by atoms with Crippen LogP contribution in [0.1, 0.15) is 38.2 Å². The van der Waals surface area contributed by atoms with Crippen molar-refractivity contribution in [2.24, 2.45) is 0 Å². The highest BCUT2D eigenvalue weighted by molar-refractivity contribution is 6.30. The number of rotatable bonds is 4. The van der Waals surface area contributed by atoms with Crippen LogP contribution in [0.5, 0.6) is 5.75 Å². The Morgan fingerprint density at radius 1 is 1.06 bits per heavy atom. The molecule has 5 rings (SSSR count). The molecule has 182 valence electrons. The van der Waals surface area contributed by atoms with Gasteiger partial charge < -0.3 is 19.3 Å². The topological polar surface area (TPSA) is 89.8 Å². The summed E-state index contributed by atoms with van der Waals surface area (Å²) in [5.41, 5.74) is 2.10. The molecule has 11 heteroatoms. The van der Waals surface area contributed by atoms with E-state index in [1.165, 1.54) is 25.3 Å². The molecule has 1 saturated heterocycles. The van der Waals surface area contributed by atoms with Gasteiger partial charge in [-0.05, 0) is 35.9 Å². The van der Waals surface area contributed by atoms with Crippen molar-refractivity contribution < 1.29 is 23.5 Å². The number of nitrogens with zero attached hydrogens (tertiary/aromatic N) is 5. The normalized spacial score (nSPS) is 17.7. The van der Waals surface area contributed by atoms with Gasteiger partial charge in [0.15, 0.2) is 17.3 Å². The van der Waals surface area contributed by atoms with Crippen molar-refractivity contribution in [1.82, 2.24) is 24.8 Å². The van der Waals surface area contributed by atoms with Crippen LogP contribution in [0.3, 0.4) is 0 Å². The Morgan fingerprint density at radius 2 is 1.74 bits per heavy atom. The summed E-state index contributed by atoms with van der Waals surface area (Å²) in [5.74, 6) is -1.05. The van der Waals surface area contributed by atoms with Crippen LogP contribution in [-0.2, 0) is 17.9 Å². The molecule has 35 heavy (non-hydrogen) atoms. The van der Waals surface area contributed by atoms with E-state index in [0.29, 0.717) is 43.4 Å². The average Bonchev–Trinajstić information content (AvgIpc) is 3.31. The maximum Gasteiger partial charge on any atom is 0.276 e. The molecular weight excluding hydrogens is 477 g/mol. The summed E-state index contributed by atoms with van der Waals surface area (Å²) in [6.45, 7) is 1.99. The van der Waals surface area contributed by atoms with Crippen molar-refractivity contribution in [3.8, 4) is 5.75 Å². The number of halogens is 2. The Morgan fingerprint density at radius 3 is 2.40 bits per heavy atom. The predicted molar refractivity (Wildman–Crippen MR) is 124 cm³/mol. The molecule has 3 aromatic rings. The molecular formula is C24H23ClFN5O4. The van der Waals surface area contributed by atoms with E-state index in [9.17, 15) is 14.0 Å². The van der Waals surface area contributed by atoms with Gasteiger partial charge in [0.05, 0.1) is 26.0 Å². The summed E-state index contributed by atoms with van der Waals surface area (Å²) in [5, 5.41) is 8.95. The molecule has 0 unspecified atom stereocenters. The van der Waals surface area contributed by atoms with Crippen molar-refractivity contribution in [1.29, 1.82) is 0 Å². The molecule has 2 aliphatic rings. The predicted octanol–water partition coefficient (Wildman–Crippen LogP) is 2.95.